The topological polar surface area (TPSA) is 145 Å². The molecule has 1 unspecified atom stereocenters. The number of rotatable bonds is 12. The summed E-state index contributed by atoms with van der Waals surface area (Å²) in [7, 11) is -8.00. The van der Waals surface area contributed by atoms with E-state index in [1.807, 2.05) is 35.1 Å². The summed E-state index contributed by atoms with van der Waals surface area (Å²) in [4.78, 5) is 13.2. The summed E-state index contributed by atoms with van der Waals surface area (Å²) < 4.78 is 56.3. The Labute approximate surface area is 242 Å². The van der Waals surface area contributed by atoms with Crippen molar-refractivity contribution in [2.45, 2.75) is 36.6 Å². The molecule has 0 radical (unpaired) electrons. The van der Waals surface area contributed by atoms with Gasteiger partial charge in [0.05, 0.1) is 16.8 Å². The quantitative estimate of drug-likeness (QED) is 0.221. The van der Waals surface area contributed by atoms with Gasteiger partial charge in [0, 0.05) is 11.0 Å². The zero-order valence-corrected chi connectivity index (χ0v) is 24.5. The fraction of sp³-hybridized carbons (Fsp3) is 0.222. The number of sulfonamides is 1. The van der Waals surface area contributed by atoms with Crippen molar-refractivity contribution >= 4 is 47.8 Å². The summed E-state index contributed by atoms with van der Waals surface area (Å²) in [6.45, 7) is 0.382. The third-order valence-electron chi connectivity index (χ3n) is 6.12. The van der Waals surface area contributed by atoms with Gasteiger partial charge in [-0.1, -0.05) is 54.6 Å². The molecule has 10 nitrogen and oxygen atoms in total. The number of benzene rings is 3. The van der Waals surface area contributed by atoms with E-state index in [1.165, 1.54) is 23.8 Å². The maximum atomic E-state index is 13.2. The van der Waals surface area contributed by atoms with Crippen LogP contribution in [0.3, 0.4) is 0 Å². The number of aliphatic hydroxyl groups excluding tert-OH is 1. The molecule has 4 rings (SSSR count). The molecule has 40 heavy (non-hydrogen) atoms. The van der Waals surface area contributed by atoms with Crippen LogP contribution >= 0.6 is 15.9 Å². The van der Waals surface area contributed by atoms with Crippen LogP contribution in [-0.4, -0.2) is 40.4 Å². The van der Waals surface area contributed by atoms with Gasteiger partial charge >= 0.3 is 10.2 Å². The highest BCUT2D eigenvalue weighted by atomic mass is 79.9. The number of aliphatic hydroxyl groups is 1. The van der Waals surface area contributed by atoms with E-state index in [-0.39, 0.29) is 17.0 Å². The van der Waals surface area contributed by atoms with E-state index in [0.717, 1.165) is 29.8 Å². The van der Waals surface area contributed by atoms with Gasteiger partial charge in [-0.05, 0) is 77.0 Å². The number of carbonyl (C=O) groups excluding carboxylic acids is 1. The summed E-state index contributed by atoms with van der Waals surface area (Å²) in [5.74, 6) is -0.995. The van der Waals surface area contributed by atoms with E-state index in [0.29, 0.717) is 16.6 Å². The average molecular weight is 650 g/mol. The number of carbonyl (C=O) groups is 1. The first kappa shape index (κ1) is 29.6. The van der Waals surface area contributed by atoms with E-state index in [4.69, 9.17) is 0 Å². The van der Waals surface area contributed by atoms with Crippen molar-refractivity contribution in [2.75, 3.05) is 10.8 Å². The van der Waals surface area contributed by atoms with Gasteiger partial charge < -0.3 is 10.4 Å². The second-order valence-electron chi connectivity index (χ2n) is 9.13. The molecule has 212 valence electrons. The highest BCUT2D eigenvalue weighted by molar-refractivity contribution is 9.10. The zero-order chi connectivity index (χ0) is 28.8. The lowest BCUT2D eigenvalue weighted by atomic mass is 10.1. The van der Waals surface area contributed by atoms with Crippen LogP contribution in [0.1, 0.15) is 24.0 Å². The van der Waals surface area contributed by atoms with Crippen molar-refractivity contribution in [3.8, 4) is 0 Å². The van der Waals surface area contributed by atoms with Gasteiger partial charge in [0.2, 0.25) is 21.8 Å². The zero-order valence-electron chi connectivity index (χ0n) is 21.3. The fourth-order valence-electron chi connectivity index (χ4n) is 4.16. The fourth-order valence-corrected chi connectivity index (χ4v) is 7.18. The Kier molecular flexibility index (Phi) is 9.51. The first-order valence-corrected chi connectivity index (χ1v) is 16.2. The van der Waals surface area contributed by atoms with Crippen molar-refractivity contribution in [1.29, 1.82) is 0 Å². The Morgan fingerprint density at radius 3 is 2.27 bits per heavy atom. The Balaban J connectivity index is 1.47. The van der Waals surface area contributed by atoms with Crippen LogP contribution in [0, 0.1) is 0 Å². The number of nitrogens with one attached hydrogen (secondary N) is 3. The highest BCUT2D eigenvalue weighted by Crippen LogP contribution is 2.32. The third-order valence-corrected chi connectivity index (χ3v) is 9.53. The summed E-state index contributed by atoms with van der Waals surface area (Å²) in [6, 6.07) is 21.4. The van der Waals surface area contributed by atoms with Gasteiger partial charge in [0.1, 0.15) is 6.04 Å². The number of nitrogens with zero attached hydrogens (tertiary/aromatic N) is 1. The van der Waals surface area contributed by atoms with Gasteiger partial charge in [-0.3, -0.25) is 4.79 Å². The summed E-state index contributed by atoms with van der Waals surface area (Å²) >= 11 is 3.35. The normalized spacial score (nSPS) is 15.2. The molecule has 4 N–H and O–H groups in total. The van der Waals surface area contributed by atoms with Crippen LogP contribution in [-0.2, 0) is 37.9 Å². The molecule has 0 bridgehead atoms. The monoisotopic (exact) mass is 648 g/mol. The van der Waals surface area contributed by atoms with E-state index in [9.17, 15) is 26.7 Å². The third kappa shape index (κ3) is 7.62. The number of aryl methyl sites for hydroxylation is 1. The lowest BCUT2D eigenvalue weighted by molar-refractivity contribution is -0.122. The molecule has 0 aliphatic carbocycles. The SMILES string of the molecule is O=C(NCCCCc1ccccc1)C(Cc1ccc(N2C=C(O)NS2(=O)=O)c(Br)c1)NS(=O)(=O)c1ccccc1. The molecule has 0 saturated carbocycles. The molecule has 13 heteroatoms. The number of halogens is 1. The highest BCUT2D eigenvalue weighted by Gasteiger charge is 2.31. The molecule has 0 fully saturated rings. The average Bonchev–Trinajstić information content (AvgIpc) is 3.20. The Hall–Kier alpha value is -3.39. The van der Waals surface area contributed by atoms with Gasteiger partial charge in [0.15, 0.2) is 0 Å². The van der Waals surface area contributed by atoms with E-state index < -0.39 is 38.1 Å². The van der Waals surface area contributed by atoms with Crippen LogP contribution in [0.25, 0.3) is 0 Å². The Morgan fingerprint density at radius 1 is 0.975 bits per heavy atom. The Bertz CT molecular complexity index is 1580. The van der Waals surface area contributed by atoms with Crippen molar-refractivity contribution < 1.29 is 26.7 Å². The molecular weight excluding hydrogens is 620 g/mol. The van der Waals surface area contributed by atoms with E-state index in [1.54, 1.807) is 30.3 Å². The molecule has 1 atom stereocenters. The Morgan fingerprint density at radius 2 is 1.65 bits per heavy atom. The minimum Gasteiger partial charge on any atom is -0.493 e. The van der Waals surface area contributed by atoms with Crippen LogP contribution in [0.4, 0.5) is 5.69 Å². The van der Waals surface area contributed by atoms with Crippen molar-refractivity contribution in [3.05, 3.63) is 107 Å². The van der Waals surface area contributed by atoms with E-state index >= 15 is 0 Å². The van der Waals surface area contributed by atoms with Crippen LogP contribution in [0.2, 0.25) is 0 Å². The lowest BCUT2D eigenvalue weighted by Crippen LogP contribution is -2.48. The lowest BCUT2D eigenvalue weighted by Gasteiger charge is -2.20. The maximum absolute atomic E-state index is 13.2. The minimum atomic E-state index is -4.00. The number of unbranched alkanes of at least 4 members (excludes halogenated alkanes) is 1. The second-order valence-corrected chi connectivity index (χ2v) is 13.2. The molecular formula is C27H29BrN4O6S2. The van der Waals surface area contributed by atoms with E-state index in [2.05, 4.69) is 26.0 Å². The van der Waals surface area contributed by atoms with Crippen molar-refractivity contribution in [1.82, 2.24) is 14.8 Å². The number of amides is 1. The first-order valence-electron chi connectivity index (χ1n) is 12.5. The number of hydrogen-bond acceptors (Lipinski definition) is 6. The summed E-state index contributed by atoms with van der Waals surface area (Å²) in [5.41, 5.74) is 2.01. The predicted molar refractivity (Wildman–Crippen MR) is 156 cm³/mol. The van der Waals surface area contributed by atoms with Crippen molar-refractivity contribution in [3.63, 3.8) is 0 Å². The number of anilines is 1. The van der Waals surface area contributed by atoms with Gasteiger partial charge in [-0.15, -0.1) is 0 Å². The molecule has 0 saturated heterocycles. The smallest absolute Gasteiger partial charge is 0.330 e. The molecule has 1 heterocycles. The standard InChI is InChI=1S/C27H29BrN4O6S2/c28-23-17-21(14-15-25(23)32-19-26(33)31-40(32,37)38)18-24(30-39(35,36)22-12-5-2-6-13-22)27(34)29-16-8-7-11-20-9-3-1-4-10-20/h1-6,9-10,12-15,17,19,24,30-31,33H,7-8,11,16,18H2,(H,29,34). The molecule has 3 aromatic rings. The van der Waals surface area contributed by atoms with Crippen LogP contribution in [0.5, 0.6) is 0 Å². The largest absolute Gasteiger partial charge is 0.493 e. The second kappa shape index (κ2) is 12.9. The van der Waals surface area contributed by atoms with Gasteiger partial charge in [-0.2, -0.15) is 13.1 Å². The molecule has 0 aromatic heterocycles. The summed E-state index contributed by atoms with van der Waals surface area (Å²) in [5, 5.41) is 12.4. The molecule has 1 aliphatic rings. The molecule has 0 spiro atoms. The molecule has 3 aromatic carbocycles. The van der Waals surface area contributed by atoms with Crippen LogP contribution < -0.4 is 19.1 Å². The number of hydrogen-bond donors (Lipinski definition) is 4. The van der Waals surface area contributed by atoms with Gasteiger partial charge in [-0.25, -0.2) is 17.4 Å². The molecule has 1 amide bonds. The minimum absolute atomic E-state index is 0.00683. The molecule has 1 aliphatic heterocycles. The van der Waals surface area contributed by atoms with Crippen LogP contribution in [0.15, 0.2) is 100 Å². The predicted octanol–water partition coefficient (Wildman–Crippen LogP) is 3.49. The summed E-state index contributed by atoms with van der Waals surface area (Å²) in [6.07, 6.45) is 3.48. The maximum Gasteiger partial charge on any atom is 0.330 e. The van der Waals surface area contributed by atoms with Crippen molar-refractivity contribution in [2.24, 2.45) is 0 Å². The first-order chi connectivity index (χ1) is 19.0. The van der Waals surface area contributed by atoms with Gasteiger partial charge in [0.25, 0.3) is 0 Å².